The van der Waals surface area contributed by atoms with Crippen molar-refractivity contribution in [1.29, 1.82) is 0 Å². The lowest BCUT2D eigenvalue weighted by atomic mass is 9.84. The van der Waals surface area contributed by atoms with Crippen molar-refractivity contribution in [2.24, 2.45) is 5.92 Å². The number of Topliss-reactive ketones (excluding diaryl/α,β-unsaturated/α-hetero) is 1. The van der Waals surface area contributed by atoms with E-state index in [1.807, 2.05) is 13.8 Å². The number of benzene rings is 1. The maximum atomic E-state index is 13.1. The molecule has 0 N–H and O–H groups in total. The van der Waals surface area contributed by atoms with Crippen LogP contribution >= 0.6 is 0 Å². The molecule has 1 atom stereocenters. The Labute approximate surface area is 153 Å². The van der Waals surface area contributed by atoms with Crippen LogP contribution < -0.4 is 9.47 Å². The first kappa shape index (κ1) is 19.7. The number of carbonyl (C=O) groups excluding carboxylic acids is 3. The summed E-state index contributed by atoms with van der Waals surface area (Å²) in [4.78, 5) is 37.4. The van der Waals surface area contributed by atoms with Crippen molar-refractivity contribution in [1.82, 2.24) is 0 Å². The van der Waals surface area contributed by atoms with Crippen molar-refractivity contribution in [2.75, 3.05) is 14.2 Å². The standard InChI is InChI=1S/C20H24O6/c1-11(2)6-7-15(26-12(3)21)13-10-14(22)18-16(24-4)8-9-17(25-5)19(18)20(13)23/h8-11,15H,6-7H2,1-5H3. The zero-order valence-corrected chi connectivity index (χ0v) is 15.8. The first-order chi connectivity index (χ1) is 12.3. The molecule has 140 valence electrons. The second-order valence-corrected chi connectivity index (χ2v) is 6.58. The summed E-state index contributed by atoms with van der Waals surface area (Å²) in [5.74, 6) is -0.290. The van der Waals surface area contributed by atoms with Gasteiger partial charge in [0.25, 0.3) is 0 Å². The van der Waals surface area contributed by atoms with Crippen LogP contribution in [0.15, 0.2) is 23.8 Å². The summed E-state index contributed by atoms with van der Waals surface area (Å²) in [6, 6.07) is 3.17. The molecule has 0 saturated carbocycles. The number of allylic oxidation sites excluding steroid dienone is 1. The number of fused-ring (bicyclic) bond motifs is 1. The summed E-state index contributed by atoms with van der Waals surface area (Å²) in [6.07, 6.45) is 1.69. The summed E-state index contributed by atoms with van der Waals surface area (Å²) < 4.78 is 15.9. The zero-order chi connectivity index (χ0) is 19.4. The maximum absolute atomic E-state index is 13.1. The van der Waals surface area contributed by atoms with Crippen molar-refractivity contribution >= 4 is 17.5 Å². The molecule has 0 amide bonds. The molecule has 1 aromatic carbocycles. The van der Waals surface area contributed by atoms with Gasteiger partial charge in [0, 0.05) is 12.5 Å². The van der Waals surface area contributed by atoms with Crippen molar-refractivity contribution in [3.8, 4) is 11.5 Å². The largest absolute Gasteiger partial charge is 0.496 e. The highest BCUT2D eigenvalue weighted by atomic mass is 16.5. The van der Waals surface area contributed by atoms with E-state index in [-0.39, 0.29) is 34.0 Å². The summed E-state index contributed by atoms with van der Waals surface area (Å²) in [5.41, 5.74) is 0.493. The van der Waals surface area contributed by atoms with Crippen LogP contribution in [-0.4, -0.2) is 37.9 Å². The van der Waals surface area contributed by atoms with E-state index >= 15 is 0 Å². The van der Waals surface area contributed by atoms with E-state index in [0.29, 0.717) is 18.1 Å². The van der Waals surface area contributed by atoms with Gasteiger partial charge in [-0.25, -0.2) is 0 Å². The van der Waals surface area contributed by atoms with Crippen LogP contribution in [0.1, 0.15) is 54.3 Å². The molecule has 1 aliphatic carbocycles. The molecular weight excluding hydrogens is 336 g/mol. The quantitative estimate of drug-likeness (QED) is 0.694. The van der Waals surface area contributed by atoms with Gasteiger partial charge in [-0.1, -0.05) is 13.8 Å². The third-order valence-electron chi connectivity index (χ3n) is 4.25. The minimum absolute atomic E-state index is 0.149. The minimum Gasteiger partial charge on any atom is -0.496 e. The van der Waals surface area contributed by atoms with E-state index in [0.717, 1.165) is 6.42 Å². The monoisotopic (exact) mass is 360 g/mol. The smallest absolute Gasteiger partial charge is 0.303 e. The van der Waals surface area contributed by atoms with Crippen molar-refractivity contribution in [2.45, 2.75) is 39.7 Å². The number of hydrogen-bond acceptors (Lipinski definition) is 6. The summed E-state index contributed by atoms with van der Waals surface area (Å²) in [7, 11) is 2.86. The van der Waals surface area contributed by atoms with Gasteiger partial charge in [-0.15, -0.1) is 0 Å². The highest BCUT2D eigenvalue weighted by Crippen LogP contribution is 2.37. The maximum Gasteiger partial charge on any atom is 0.303 e. The van der Waals surface area contributed by atoms with E-state index in [1.54, 1.807) is 12.1 Å². The molecular formula is C20H24O6. The van der Waals surface area contributed by atoms with E-state index in [9.17, 15) is 14.4 Å². The van der Waals surface area contributed by atoms with Gasteiger partial charge < -0.3 is 14.2 Å². The molecule has 1 aliphatic rings. The van der Waals surface area contributed by atoms with E-state index < -0.39 is 12.1 Å². The van der Waals surface area contributed by atoms with Crippen LogP contribution in [0.4, 0.5) is 0 Å². The predicted octanol–water partition coefficient (Wildman–Crippen LogP) is 3.38. The fourth-order valence-corrected chi connectivity index (χ4v) is 3.00. The fraction of sp³-hybridized carbons (Fsp3) is 0.450. The molecule has 1 aromatic rings. The van der Waals surface area contributed by atoms with Crippen molar-refractivity contribution < 1.29 is 28.6 Å². The number of hydrogen-bond donors (Lipinski definition) is 0. The second-order valence-electron chi connectivity index (χ2n) is 6.58. The first-order valence-corrected chi connectivity index (χ1v) is 8.52. The first-order valence-electron chi connectivity index (χ1n) is 8.52. The number of esters is 1. The Morgan fingerprint density at radius 2 is 1.58 bits per heavy atom. The summed E-state index contributed by atoms with van der Waals surface area (Å²) in [6.45, 7) is 5.36. The molecule has 0 heterocycles. The number of methoxy groups -OCH3 is 2. The third-order valence-corrected chi connectivity index (χ3v) is 4.25. The van der Waals surface area contributed by atoms with E-state index in [4.69, 9.17) is 14.2 Å². The molecule has 0 aromatic heterocycles. The lowest BCUT2D eigenvalue weighted by Gasteiger charge is -2.25. The molecule has 0 spiro atoms. The van der Waals surface area contributed by atoms with Crippen LogP contribution in [0.25, 0.3) is 0 Å². The SMILES string of the molecule is COc1ccc(OC)c2c1C(=O)C=C(C(CCC(C)C)OC(C)=O)C2=O. The average molecular weight is 360 g/mol. The van der Waals surface area contributed by atoms with Crippen LogP contribution in [-0.2, 0) is 9.53 Å². The normalized spacial score (nSPS) is 14.6. The highest BCUT2D eigenvalue weighted by molar-refractivity contribution is 6.27. The molecule has 0 saturated heterocycles. The fourth-order valence-electron chi connectivity index (χ4n) is 3.00. The van der Waals surface area contributed by atoms with Crippen LogP contribution in [0.2, 0.25) is 0 Å². The lowest BCUT2D eigenvalue weighted by Crippen LogP contribution is -2.29. The van der Waals surface area contributed by atoms with Crippen LogP contribution in [0, 0.1) is 5.92 Å². The Hall–Kier alpha value is -2.63. The number of carbonyl (C=O) groups is 3. The predicted molar refractivity (Wildman–Crippen MR) is 95.9 cm³/mol. The van der Waals surface area contributed by atoms with Gasteiger partial charge in [0.05, 0.1) is 25.3 Å². The Bertz CT molecular complexity index is 760. The van der Waals surface area contributed by atoms with Crippen molar-refractivity contribution in [3.63, 3.8) is 0 Å². The van der Waals surface area contributed by atoms with Crippen LogP contribution in [0.3, 0.4) is 0 Å². The Morgan fingerprint density at radius 1 is 1.00 bits per heavy atom. The number of ketones is 2. The molecule has 2 rings (SSSR count). The molecule has 0 aliphatic heterocycles. The van der Waals surface area contributed by atoms with Gasteiger partial charge in [0.15, 0.2) is 11.6 Å². The molecule has 0 fully saturated rings. The molecule has 1 unspecified atom stereocenters. The Morgan fingerprint density at radius 3 is 2.08 bits per heavy atom. The summed E-state index contributed by atoms with van der Waals surface area (Å²) >= 11 is 0. The highest BCUT2D eigenvalue weighted by Gasteiger charge is 2.36. The van der Waals surface area contributed by atoms with Crippen molar-refractivity contribution in [3.05, 3.63) is 34.9 Å². The van der Waals surface area contributed by atoms with Gasteiger partial charge in [0.2, 0.25) is 0 Å². The topological polar surface area (TPSA) is 78.9 Å². The number of ether oxygens (including phenoxy) is 3. The third kappa shape index (κ3) is 3.95. The second kappa shape index (κ2) is 8.17. The Kier molecular flexibility index (Phi) is 6.18. The molecule has 6 nitrogen and oxygen atoms in total. The summed E-state index contributed by atoms with van der Waals surface area (Å²) in [5, 5.41) is 0. The molecule has 0 bridgehead atoms. The lowest BCUT2D eigenvalue weighted by molar-refractivity contribution is -0.144. The number of rotatable bonds is 7. The molecule has 0 radical (unpaired) electrons. The average Bonchev–Trinajstić information content (AvgIpc) is 2.60. The zero-order valence-electron chi connectivity index (χ0n) is 15.8. The van der Waals surface area contributed by atoms with Gasteiger partial charge >= 0.3 is 5.97 Å². The van der Waals surface area contributed by atoms with Gasteiger partial charge in [-0.3, -0.25) is 14.4 Å². The van der Waals surface area contributed by atoms with Gasteiger partial charge in [-0.2, -0.15) is 0 Å². The Balaban J connectivity index is 2.52. The van der Waals surface area contributed by atoms with Crippen LogP contribution in [0.5, 0.6) is 11.5 Å². The van der Waals surface area contributed by atoms with E-state index in [1.165, 1.54) is 27.2 Å². The molecule has 6 heteroatoms. The van der Waals surface area contributed by atoms with E-state index in [2.05, 4.69) is 0 Å². The van der Waals surface area contributed by atoms with Gasteiger partial charge in [-0.05, 0) is 37.0 Å². The minimum atomic E-state index is -0.768. The molecule has 26 heavy (non-hydrogen) atoms. The van der Waals surface area contributed by atoms with Gasteiger partial charge in [0.1, 0.15) is 17.6 Å².